The van der Waals surface area contributed by atoms with Crippen molar-refractivity contribution >= 4 is 17.7 Å². The quantitative estimate of drug-likeness (QED) is 0.744. The van der Waals surface area contributed by atoms with Crippen molar-refractivity contribution in [3.63, 3.8) is 0 Å². The van der Waals surface area contributed by atoms with Crippen LogP contribution in [0.15, 0.2) is 35.2 Å². The maximum atomic E-state index is 11.1. The molecule has 0 aliphatic heterocycles. The molecular formula is C14H20O2S. The van der Waals surface area contributed by atoms with Gasteiger partial charge in [0.25, 0.3) is 0 Å². The van der Waals surface area contributed by atoms with E-state index in [4.69, 9.17) is 5.11 Å². The highest BCUT2D eigenvalue weighted by Gasteiger charge is 2.23. The van der Waals surface area contributed by atoms with Gasteiger partial charge in [0.2, 0.25) is 0 Å². The Morgan fingerprint density at radius 3 is 2.53 bits per heavy atom. The third-order valence-electron chi connectivity index (χ3n) is 2.82. The number of carbonyl (C=O) groups is 1. The van der Waals surface area contributed by atoms with Gasteiger partial charge < -0.3 is 5.11 Å². The van der Waals surface area contributed by atoms with Crippen LogP contribution in [0.1, 0.15) is 33.1 Å². The molecule has 0 aromatic heterocycles. The first-order valence-corrected chi connectivity index (χ1v) is 6.97. The summed E-state index contributed by atoms with van der Waals surface area (Å²) in [6.07, 6.45) is 3.16. The third-order valence-corrected chi connectivity index (χ3v) is 4.31. The highest BCUT2D eigenvalue weighted by Crippen LogP contribution is 2.31. The number of carboxylic acid groups (broad SMARTS) is 1. The average molecular weight is 252 g/mol. The second kappa shape index (κ2) is 7.38. The van der Waals surface area contributed by atoms with E-state index in [1.54, 1.807) is 18.7 Å². The molecule has 0 saturated carbocycles. The number of carboxylic acids is 1. The largest absolute Gasteiger partial charge is 0.481 e. The van der Waals surface area contributed by atoms with Crippen LogP contribution >= 0.6 is 11.8 Å². The first-order valence-electron chi connectivity index (χ1n) is 6.09. The molecule has 0 heterocycles. The van der Waals surface area contributed by atoms with Crippen molar-refractivity contribution in [3.05, 3.63) is 30.3 Å². The van der Waals surface area contributed by atoms with E-state index in [-0.39, 0.29) is 11.2 Å². The van der Waals surface area contributed by atoms with E-state index in [2.05, 4.69) is 6.92 Å². The molecule has 1 aromatic carbocycles. The molecule has 0 amide bonds. The second-order valence-corrected chi connectivity index (χ2v) is 5.55. The van der Waals surface area contributed by atoms with Crippen LogP contribution < -0.4 is 0 Å². The van der Waals surface area contributed by atoms with Crippen molar-refractivity contribution in [1.82, 2.24) is 0 Å². The Bertz CT molecular complexity index is 337. The Morgan fingerprint density at radius 2 is 2.00 bits per heavy atom. The third kappa shape index (κ3) is 4.82. The molecule has 2 atom stereocenters. The van der Waals surface area contributed by atoms with E-state index in [1.807, 2.05) is 30.3 Å². The van der Waals surface area contributed by atoms with Gasteiger partial charge in [-0.05, 0) is 18.6 Å². The molecule has 0 saturated heterocycles. The smallest absolute Gasteiger partial charge is 0.307 e. The van der Waals surface area contributed by atoms with E-state index >= 15 is 0 Å². The molecule has 0 fully saturated rings. The molecule has 1 aromatic rings. The molecule has 2 nitrogen and oxygen atoms in total. The van der Waals surface area contributed by atoms with Gasteiger partial charge in [-0.3, -0.25) is 4.79 Å². The molecule has 0 aliphatic rings. The molecular weight excluding hydrogens is 232 g/mol. The van der Waals surface area contributed by atoms with Crippen molar-refractivity contribution in [2.75, 3.05) is 0 Å². The van der Waals surface area contributed by atoms with Gasteiger partial charge >= 0.3 is 5.97 Å². The summed E-state index contributed by atoms with van der Waals surface area (Å²) in [5.74, 6) is -0.999. The van der Waals surface area contributed by atoms with Gasteiger partial charge in [-0.2, -0.15) is 0 Å². The average Bonchev–Trinajstić information content (AvgIpc) is 2.34. The summed E-state index contributed by atoms with van der Waals surface area (Å²) in [7, 11) is 0. The minimum atomic E-state index is -0.700. The normalized spacial score (nSPS) is 14.2. The van der Waals surface area contributed by atoms with Crippen LogP contribution in [0, 0.1) is 5.92 Å². The maximum Gasteiger partial charge on any atom is 0.307 e. The predicted molar refractivity (Wildman–Crippen MR) is 72.4 cm³/mol. The van der Waals surface area contributed by atoms with Crippen LogP contribution in [-0.2, 0) is 4.79 Å². The van der Waals surface area contributed by atoms with Crippen LogP contribution in [0.5, 0.6) is 0 Å². The summed E-state index contributed by atoms with van der Waals surface area (Å²) in [4.78, 5) is 12.2. The van der Waals surface area contributed by atoms with Crippen molar-refractivity contribution in [3.8, 4) is 0 Å². The number of rotatable bonds is 7. The number of thioether (sulfide) groups is 1. The lowest BCUT2D eigenvalue weighted by Gasteiger charge is -2.20. The molecule has 17 heavy (non-hydrogen) atoms. The zero-order chi connectivity index (χ0) is 12.7. The van der Waals surface area contributed by atoms with Gasteiger partial charge in [-0.15, -0.1) is 11.8 Å². The van der Waals surface area contributed by atoms with Gasteiger partial charge in [-0.25, -0.2) is 0 Å². The van der Waals surface area contributed by atoms with Crippen LogP contribution in [-0.4, -0.2) is 16.3 Å². The van der Waals surface area contributed by atoms with Crippen molar-refractivity contribution in [2.45, 2.75) is 43.3 Å². The fourth-order valence-corrected chi connectivity index (χ4v) is 2.92. The topological polar surface area (TPSA) is 37.3 Å². The number of aliphatic carboxylic acids is 1. The molecule has 3 heteroatoms. The van der Waals surface area contributed by atoms with Gasteiger partial charge in [0, 0.05) is 10.1 Å². The van der Waals surface area contributed by atoms with Crippen LogP contribution in [0.4, 0.5) is 0 Å². The zero-order valence-electron chi connectivity index (χ0n) is 10.4. The van der Waals surface area contributed by atoms with Crippen LogP contribution in [0.3, 0.4) is 0 Å². The molecule has 0 bridgehead atoms. The number of unbranched alkanes of at least 4 members (excludes halogenated alkanes) is 1. The van der Waals surface area contributed by atoms with E-state index in [1.165, 1.54) is 0 Å². The number of hydrogen-bond donors (Lipinski definition) is 1. The Morgan fingerprint density at radius 1 is 1.35 bits per heavy atom. The Kier molecular flexibility index (Phi) is 6.12. The summed E-state index contributed by atoms with van der Waals surface area (Å²) in [5, 5.41) is 9.28. The first-order chi connectivity index (χ1) is 8.15. The molecule has 1 N–H and O–H groups in total. The molecule has 94 valence electrons. The first kappa shape index (κ1) is 14.1. The Hall–Kier alpha value is -0.960. The highest BCUT2D eigenvalue weighted by molar-refractivity contribution is 8.00. The maximum absolute atomic E-state index is 11.1. The predicted octanol–water partition coefficient (Wildman–Crippen LogP) is 4.06. The molecule has 1 rings (SSSR count). The summed E-state index contributed by atoms with van der Waals surface area (Å²) in [5.41, 5.74) is 0. The fraction of sp³-hybridized carbons (Fsp3) is 0.500. The SMILES string of the molecule is CCCC[C@H](Sc1ccccc1)[C@@H](C)C(=O)O. The van der Waals surface area contributed by atoms with Gasteiger partial charge in [0.15, 0.2) is 0 Å². The van der Waals surface area contributed by atoms with Crippen molar-refractivity contribution in [1.29, 1.82) is 0 Å². The Labute approximate surface area is 107 Å². The lowest BCUT2D eigenvalue weighted by molar-refractivity contribution is -0.141. The van der Waals surface area contributed by atoms with E-state index in [9.17, 15) is 4.79 Å². The lowest BCUT2D eigenvalue weighted by Crippen LogP contribution is -2.22. The van der Waals surface area contributed by atoms with Gasteiger partial charge in [0.05, 0.1) is 5.92 Å². The highest BCUT2D eigenvalue weighted by atomic mass is 32.2. The second-order valence-electron chi connectivity index (χ2n) is 4.24. The molecule has 0 spiro atoms. The molecule has 0 radical (unpaired) electrons. The van der Waals surface area contributed by atoms with Crippen LogP contribution in [0.25, 0.3) is 0 Å². The summed E-state index contributed by atoms with van der Waals surface area (Å²) >= 11 is 1.68. The molecule has 0 aliphatic carbocycles. The summed E-state index contributed by atoms with van der Waals surface area (Å²) in [6.45, 7) is 3.94. The van der Waals surface area contributed by atoms with Gasteiger partial charge in [0.1, 0.15) is 0 Å². The summed E-state index contributed by atoms with van der Waals surface area (Å²) in [6, 6.07) is 10.0. The van der Waals surface area contributed by atoms with Gasteiger partial charge in [-0.1, -0.05) is 44.9 Å². The summed E-state index contributed by atoms with van der Waals surface area (Å²) < 4.78 is 0. The van der Waals surface area contributed by atoms with E-state index in [0.717, 1.165) is 24.2 Å². The van der Waals surface area contributed by atoms with Crippen molar-refractivity contribution < 1.29 is 9.90 Å². The monoisotopic (exact) mass is 252 g/mol. The van der Waals surface area contributed by atoms with Crippen LogP contribution in [0.2, 0.25) is 0 Å². The number of benzene rings is 1. The van der Waals surface area contributed by atoms with Crippen molar-refractivity contribution in [2.24, 2.45) is 5.92 Å². The standard InChI is InChI=1S/C14H20O2S/c1-3-4-10-13(11(2)14(15)16)17-12-8-6-5-7-9-12/h5-9,11,13H,3-4,10H2,1-2H3,(H,15,16)/t11-,13+/m1/s1. The van der Waals surface area contributed by atoms with E-state index < -0.39 is 5.97 Å². The zero-order valence-corrected chi connectivity index (χ0v) is 11.2. The number of hydrogen-bond acceptors (Lipinski definition) is 2. The Balaban J connectivity index is 2.66. The fourth-order valence-electron chi connectivity index (χ4n) is 1.65. The lowest BCUT2D eigenvalue weighted by atomic mass is 10.0. The minimum Gasteiger partial charge on any atom is -0.481 e. The minimum absolute atomic E-state index is 0.162. The molecule has 0 unspecified atom stereocenters. The van der Waals surface area contributed by atoms with E-state index in [0.29, 0.717) is 0 Å².